The highest BCUT2D eigenvalue weighted by Gasteiger charge is 2.13. The molecule has 2 rings (SSSR count). The van der Waals surface area contributed by atoms with Crippen LogP contribution in [0.15, 0.2) is 16.7 Å². The normalized spacial score (nSPS) is 11.5. The quantitative estimate of drug-likeness (QED) is 0.823. The van der Waals surface area contributed by atoms with Crippen LogP contribution in [-0.2, 0) is 0 Å². The molecule has 1 N–H and O–H groups in total. The number of halogens is 1. The van der Waals surface area contributed by atoms with Gasteiger partial charge in [0.25, 0.3) is 0 Å². The number of rotatable bonds is 1. The minimum atomic E-state index is 0.521. The van der Waals surface area contributed by atoms with Crippen LogP contribution in [0.5, 0.6) is 0 Å². The lowest BCUT2D eigenvalue weighted by molar-refractivity contribution is 0.866. The SMILES string of the molecule is Cc1ccc2n[nH]c(Br)c2c1C(C)C. The highest BCUT2D eigenvalue weighted by molar-refractivity contribution is 9.10. The van der Waals surface area contributed by atoms with Crippen LogP contribution in [0.1, 0.15) is 30.9 Å². The molecule has 0 aliphatic carbocycles. The average molecular weight is 253 g/mol. The van der Waals surface area contributed by atoms with E-state index in [2.05, 4.69) is 59.0 Å². The predicted octanol–water partition coefficient (Wildman–Crippen LogP) is 3.76. The maximum Gasteiger partial charge on any atom is 0.109 e. The Balaban J connectivity index is 2.87. The molecule has 1 aromatic heterocycles. The van der Waals surface area contributed by atoms with Crippen molar-refractivity contribution >= 4 is 26.8 Å². The zero-order valence-electron chi connectivity index (χ0n) is 8.56. The molecule has 1 heterocycles. The second-order valence-corrected chi connectivity index (χ2v) is 4.68. The topological polar surface area (TPSA) is 28.7 Å². The molecule has 2 nitrogen and oxygen atoms in total. The second kappa shape index (κ2) is 3.39. The van der Waals surface area contributed by atoms with E-state index in [1.165, 1.54) is 16.5 Å². The third-order valence-corrected chi connectivity index (χ3v) is 3.09. The second-order valence-electron chi connectivity index (χ2n) is 3.88. The van der Waals surface area contributed by atoms with E-state index in [0.717, 1.165) is 10.1 Å². The summed E-state index contributed by atoms with van der Waals surface area (Å²) in [5, 5.41) is 8.42. The van der Waals surface area contributed by atoms with Gasteiger partial charge in [0.1, 0.15) is 4.60 Å². The first-order chi connectivity index (χ1) is 6.61. The lowest BCUT2D eigenvalue weighted by atomic mass is 9.95. The van der Waals surface area contributed by atoms with Gasteiger partial charge in [0.2, 0.25) is 0 Å². The maximum atomic E-state index is 4.23. The molecule has 0 fully saturated rings. The smallest absolute Gasteiger partial charge is 0.109 e. The molecule has 0 aliphatic heterocycles. The van der Waals surface area contributed by atoms with Crippen LogP contribution in [-0.4, -0.2) is 10.2 Å². The van der Waals surface area contributed by atoms with Crippen molar-refractivity contribution in [3.8, 4) is 0 Å². The van der Waals surface area contributed by atoms with E-state index >= 15 is 0 Å². The fraction of sp³-hybridized carbons (Fsp3) is 0.364. The van der Waals surface area contributed by atoms with Gasteiger partial charge in [0, 0.05) is 5.39 Å². The van der Waals surface area contributed by atoms with E-state index < -0.39 is 0 Å². The Bertz CT molecular complexity index is 471. The first-order valence-electron chi connectivity index (χ1n) is 4.74. The molecular formula is C11H13BrN2. The van der Waals surface area contributed by atoms with Crippen molar-refractivity contribution in [3.63, 3.8) is 0 Å². The zero-order valence-corrected chi connectivity index (χ0v) is 10.1. The Kier molecular flexibility index (Phi) is 2.35. The summed E-state index contributed by atoms with van der Waals surface area (Å²) in [5.74, 6) is 0.521. The summed E-state index contributed by atoms with van der Waals surface area (Å²) in [6.45, 7) is 6.57. The van der Waals surface area contributed by atoms with Crippen LogP contribution in [0.25, 0.3) is 10.9 Å². The Morgan fingerprint density at radius 3 is 2.71 bits per heavy atom. The van der Waals surface area contributed by atoms with Crippen molar-refractivity contribution < 1.29 is 0 Å². The van der Waals surface area contributed by atoms with Gasteiger partial charge in [-0.05, 0) is 46.0 Å². The Morgan fingerprint density at radius 1 is 1.36 bits per heavy atom. The minimum Gasteiger partial charge on any atom is -0.270 e. The van der Waals surface area contributed by atoms with Crippen LogP contribution < -0.4 is 0 Å². The maximum absolute atomic E-state index is 4.23. The van der Waals surface area contributed by atoms with E-state index in [-0.39, 0.29) is 0 Å². The van der Waals surface area contributed by atoms with Crippen molar-refractivity contribution in [2.45, 2.75) is 26.7 Å². The number of aromatic nitrogens is 2. The monoisotopic (exact) mass is 252 g/mol. The number of aryl methyl sites for hydroxylation is 1. The fourth-order valence-electron chi connectivity index (χ4n) is 1.95. The van der Waals surface area contributed by atoms with Gasteiger partial charge < -0.3 is 0 Å². The summed E-state index contributed by atoms with van der Waals surface area (Å²) in [7, 11) is 0. The Morgan fingerprint density at radius 2 is 2.07 bits per heavy atom. The highest BCUT2D eigenvalue weighted by Crippen LogP contribution is 2.32. The molecule has 0 atom stereocenters. The zero-order chi connectivity index (χ0) is 10.3. The fourth-order valence-corrected chi connectivity index (χ4v) is 2.45. The predicted molar refractivity (Wildman–Crippen MR) is 62.6 cm³/mol. The van der Waals surface area contributed by atoms with Crippen LogP contribution in [0.2, 0.25) is 0 Å². The largest absolute Gasteiger partial charge is 0.270 e. The lowest BCUT2D eigenvalue weighted by Gasteiger charge is -2.10. The third kappa shape index (κ3) is 1.36. The minimum absolute atomic E-state index is 0.521. The number of aromatic amines is 1. The van der Waals surface area contributed by atoms with Gasteiger partial charge in [0.15, 0.2) is 0 Å². The van der Waals surface area contributed by atoms with Gasteiger partial charge in [-0.1, -0.05) is 19.9 Å². The molecule has 0 bridgehead atoms. The molecule has 0 radical (unpaired) electrons. The summed E-state index contributed by atoms with van der Waals surface area (Å²) >= 11 is 3.50. The van der Waals surface area contributed by atoms with Gasteiger partial charge in [-0.2, -0.15) is 5.10 Å². The summed E-state index contributed by atoms with van der Waals surface area (Å²) in [6, 6.07) is 4.18. The number of benzene rings is 1. The average Bonchev–Trinajstić information content (AvgIpc) is 2.47. The molecular weight excluding hydrogens is 240 g/mol. The van der Waals surface area contributed by atoms with Gasteiger partial charge in [0.05, 0.1) is 5.52 Å². The van der Waals surface area contributed by atoms with Gasteiger partial charge in [-0.3, -0.25) is 5.10 Å². The van der Waals surface area contributed by atoms with Gasteiger partial charge >= 0.3 is 0 Å². The van der Waals surface area contributed by atoms with Crippen LogP contribution in [0.4, 0.5) is 0 Å². The molecule has 0 saturated heterocycles. The first-order valence-corrected chi connectivity index (χ1v) is 5.53. The highest BCUT2D eigenvalue weighted by atomic mass is 79.9. The first kappa shape index (κ1) is 9.71. The Labute approximate surface area is 91.8 Å². The Hall–Kier alpha value is -0.830. The third-order valence-electron chi connectivity index (χ3n) is 2.51. The number of nitrogens with zero attached hydrogens (tertiary/aromatic N) is 1. The van der Waals surface area contributed by atoms with E-state index in [9.17, 15) is 0 Å². The molecule has 2 aromatic rings. The van der Waals surface area contributed by atoms with E-state index in [0.29, 0.717) is 5.92 Å². The molecule has 74 valence electrons. The summed E-state index contributed by atoms with van der Waals surface area (Å²) in [5.41, 5.74) is 3.74. The molecule has 0 unspecified atom stereocenters. The van der Waals surface area contributed by atoms with Gasteiger partial charge in [-0.25, -0.2) is 0 Å². The standard InChI is InChI=1S/C11H13BrN2/c1-6(2)9-7(3)4-5-8-10(9)11(12)14-13-8/h4-6H,1-3H3,(H,13,14). The summed E-state index contributed by atoms with van der Waals surface area (Å²) in [6.07, 6.45) is 0. The van der Waals surface area contributed by atoms with Crippen LogP contribution in [0.3, 0.4) is 0 Å². The van der Waals surface area contributed by atoms with Crippen LogP contribution in [0, 0.1) is 6.92 Å². The molecule has 3 heteroatoms. The number of H-pyrrole nitrogens is 1. The molecule has 0 amide bonds. The molecule has 0 aliphatic rings. The molecule has 0 spiro atoms. The van der Waals surface area contributed by atoms with E-state index in [1.54, 1.807) is 0 Å². The van der Waals surface area contributed by atoms with Gasteiger partial charge in [-0.15, -0.1) is 0 Å². The van der Waals surface area contributed by atoms with E-state index in [4.69, 9.17) is 0 Å². The van der Waals surface area contributed by atoms with Crippen molar-refractivity contribution in [1.82, 2.24) is 10.2 Å². The lowest BCUT2D eigenvalue weighted by Crippen LogP contribution is -1.92. The molecule has 14 heavy (non-hydrogen) atoms. The van der Waals surface area contributed by atoms with Crippen molar-refractivity contribution in [3.05, 3.63) is 27.9 Å². The molecule has 1 aromatic carbocycles. The number of fused-ring (bicyclic) bond motifs is 1. The van der Waals surface area contributed by atoms with Crippen molar-refractivity contribution in [2.75, 3.05) is 0 Å². The summed E-state index contributed by atoms with van der Waals surface area (Å²) < 4.78 is 0.986. The van der Waals surface area contributed by atoms with Crippen molar-refractivity contribution in [2.24, 2.45) is 0 Å². The van der Waals surface area contributed by atoms with E-state index in [1.807, 2.05) is 0 Å². The summed E-state index contributed by atoms with van der Waals surface area (Å²) in [4.78, 5) is 0. The molecule has 0 saturated carbocycles. The number of hydrogen-bond donors (Lipinski definition) is 1. The van der Waals surface area contributed by atoms with Crippen molar-refractivity contribution in [1.29, 1.82) is 0 Å². The van der Waals surface area contributed by atoms with Crippen LogP contribution >= 0.6 is 15.9 Å². The number of hydrogen-bond acceptors (Lipinski definition) is 1. The number of nitrogens with one attached hydrogen (secondary N) is 1.